The van der Waals surface area contributed by atoms with Gasteiger partial charge in [0.15, 0.2) is 0 Å². The zero-order valence-electron chi connectivity index (χ0n) is 14.8. The molecule has 1 fully saturated rings. The number of aryl methyl sites for hydroxylation is 2. The summed E-state index contributed by atoms with van der Waals surface area (Å²) in [5, 5.41) is 6.45. The highest BCUT2D eigenvalue weighted by atomic mass is 32.2. The first-order valence-corrected chi connectivity index (χ1v) is 9.61. The van der Waals surface area contributed by atoms with Crippen molar-refractivity contribution in [3.63, 3.8) is 0 Å². The summed E-state index contributed by atoms with van der Waals surface area (Å²) < 4.78 is 33.7. The van der Waals surface area contributed by atoms with Crippen LogP contribution in [0.3, 0.4) is 0 Å². The van der Waals surface area contributed by atoms with Crippen LogP contribution in [0.25, 0.3) is 0 Å². The molecule has 1 aliphatic heterocycles. The van der Waals surface area contributed by atoms with E-state index in [2.05, 4.69) is 14.9 Å². The molecule has 0 bridgehead atoms. The number of hydrogen-bond acceptors (Lipinski definition) is 5. The molecule has 1 saturated heterocycles. The van der Waals surface area contributed by atoms with E-state index < -0.39 is 10.0 Å². The lowest BCUT2D eigenvalue weighted by molar-refractivity contribution is 0.102. The number of anilines is 1. The SMILES string of the molecule is Cc1noc(C)c1C(=O)Nc1ccc(S(=O)(=O)/N=C2/CCCN2C)cc1. The Labute approximate surface area is 151 Å². The molecule has 138 valence electrons. The van der Waals surface area contributed by atoms with Gasteiger partial charge in [0.2, 0.25) is 0 Å². The van der Waals surface area contributed by atoms with Gasteiger partial charge in [-0.15, -0.1) is 4.40 Å². The van der Waals surface area contributed by atoms with E-state index >= 15 is 0 Å². The van der Waals surface area contributed by atoms with E-state index in [1.165, 1.54) is 24.3 Å². The number of carbonyl (C=O) groups is 1. The second-order valence-electron chi connectivity index (χ2n) is 6.19. The van der Waals surface area contributed by atoms with Crippen LogP contribution in [-0.2, 0) is 10.0 Å². The number of nitrogens with one attached hydrogen (secondary N) is 1. The Morgan fingerprint density at radius 2 is 1.96 bits per heavy atom. The first-order valence-electron chi connectivity index (χ1n) is 8.17. The zero-order chi connectivity index (χ0) is 18.9. The molecule has 0 atom stereocenters. The van der Waals surface area contributed by atoms with Crippen LogP contribution in [0, 0.1) is 13.8 Å². The van der Waals surface area contributed by atoms with E-state index in [4.69, 9.17) is 4.52 Å². The van der Waals surface area contributed by atoms with E-state index in [-0.39, 0.29) is 10.8 Å². The van der Waals surface area contributed by atoms with Gasteiger partial charge >= 0.3 is 0 Å². The van der Waals surface area contributed by atoms with Gasteiger partial charge in [0, 0.05) is 25.7 Å². The lowest BCUT2D eigenvalue weighted by atomic mass is 10.2. The maximum atomic E-state index is 12.4. The number of carbonyl (C=O) groups excluding carboxylic acids is 1. The van der Waals surface area contributed by atoms with Gasteiger partial charge in [-0.05, 0) is 44.5 Å². The summed E-state index contributed by atoms with van der Waals surface area (Å²) in [7, 11) is -1.94. The van der Waals surface area contributed by atoms with Crippen molar-refractivity contribution in [2.24, 2.45) is 4.40 Å². The molecule has 0 unspecified atom stereocenters. The largest absolute Gasteiger partial charge is 0.362 e. The third kappa shape index (κ3) is 3.62. The molecule has 0 aliphatic carbocycles. The summed E-state index contributed by atoms with van der Waals surface area (Å²) in [5.74, 6) is 0.640. The average Bonchev–Trinajstić information content (AvgIpc) is 3.13. The van der Waals surface area contributed by atoms with Crippen molar-refractivity contribution in [3.8, 4) is 0 Å². The van der Waals surface area contributed by atoms with Gasteiger partial charge in [-0.3, -0.25) is 4.79 Å². The number of likely N-dealkylation sites (tertiary alicyclic amines) is 1. The van der Waals surface area contributed by atoms with Crippen molar-refractivity contribution in [1.82, 2.24) is 10.1 Å². The summed E-state index contributed by atoms with van der Waals surface area (Å²) in [6.07, 6.45) is 1.55. The fourth-order valence-corrected chi connectivity index (χ4v) is 3.91. The maximum absolute atomic E-state index is 12.4. The predicted molar refractivity (Wildman–Crippen MR) is 96.9 cm³/mol. The summed E-state index contributed by atoms with van der Waals surface area (Å²) in [6, 6.07) is 5.91. The van der Waals surface area contributed by atoms with Crippen LogP contribution >= 0.6 is 0 Å². The molecule has 2 heterocycles. The molecule has 1 N–H and O–H groups in total. The number of amidine groups is 1. The van der Waals surface area contributed by atoms with Crippen molar-refractivity contribution in [2.75, 3.05) is 18.9 Å². The van der Waals surface area contributed by atoms with Crippen LogP contribution in [0.1, 0.15) is 34.7 Å². The molecular weight excluding hydrogens is 356 g/mol. The Kier molecular flexibility index (Phi) is 4.82. The van der Waals surface area contributed by atoms with Gasteiger partial charge in [0.1, 0.15) is 17.2 Å². The quantitative estimate of drug-likeness (QED) is 0.878. The van der Waals surface area contributed by atoms with Gasteiger partial charge in [0.25, 0.3) is 15.9 Å². The third-order valence-corrected chi connectivity index (χ3v) is 5.55. The Hall–Kier alpha value is -2.68. The normalized spacial score (nSPS) is 16.3. The molecule has 1 aromatic heterocycles. The van der Waals surface area contributed by atoms with Crippen molar-refractivity contribution in [3.05, 3.63) is 41.3 Å². The van der Waals surface area contributed by atoms with Crippen molar-refractivity contribution < 1.29 is 17.7 Å². The van der Waals surface area contributed by atoms with Crippen LogP contribution in [0.2, 0.25) is 0 Å². The minimum Gasteiger partial charge on any atom is -0.362 e. The predicted octanol–water partition coefficient (Wildman–Crippen LogP) is 2.36. The molecule has 26 heavy (non-hydrogen) atoms. The summed E-state index contributed by atoms with van der Waals surface area (Å²) in [5.41, 5.74) is 1.34. The monoisotopic (exact) mass is 376 g/mol. The Morgan fingerprint density at radius 1 is 1.27 bits per heavy atom. The number of aromatic nitrogens is 1. The second-order valence-corrected chi connectivity index (χ2v) is 7.79. The Balaban J connectivity index is 1.77. The molecule has 0 saturated carbocycles. The summed E-state index contributed by atoms with van der Waals surface area (Å²) >= 11 is 0. The number of rotatable bonds is 4. The first-order chi connectivity index (χ1) is 12.3. The molecule has 1 aromatic carbocycles. The van der Waals surface area contributed by atoms with Crippen LogP contribution in [-0.4, -0.2) is 43.8 Å². The van der Waals surface area contributed by atoms with Crippen LogP contribution < -0.4 is 5.32 Å². The highest BCUT2D eigenvalue weighted by molar-refractivity contribution is 7.90. The minimum atomic E-state index is -3.77. The number of nitrogens with zero attached hydrogens (tertiary/aromatic N) is 3. The maximum Gasteiger partial charge on any atom is 0.283 e. The highest BCUT2D eigenvalue weighted by Gasteiger charge is 2.21. The van der Waals surface area contributed by atoms with E-state index in [1.54, 1.807) is 13.8 Å². The van der Waals surface area contributed by atoms with E-state index in [1.807, 2.05) is 11.9 Å². The number of hydrogen-bond donors (Lipinski definition) is 1. The van der Waals surface area contributed by atoms with Crippen molar-refractivity contribution in [2.45, 2.75) is 31.6 Å². The van der Waals surface area contributed by atoms with Crippen LogP contribution in [0.15, 0.2) is 38.1 Å². The molecule has 2 aromatic rings. The van der Waals surface area contributed by atoms with Crippen LogP contribution in [0.5, 0.6) is 0 Å². The molecule has 1 aliphatic rings. The van der Waals surface area contributed by atoms with Gasteiger partial charge < -0.3 is 14.7 Å². The standard InChI is InChI=1S/C17H20N4O4S/c1-11-16(12(2)25-19-11)17(22)18-13-6-8-14(9-7-13)26(23,24)20-15-5-4-10-21(15)3/h6-9H,4-5,10H2,1-3H3,(H,18,22)/b20-15-. The Morgan fingerprint density at radius 3 is 2.50 bits per heavy atom. The van der Waals surface area contributed by atoms with Crippen LogP contribution in [0.4, 0.5) is 5.69 Å². The van der Waals surface area contributed by atoms with Crippen molar-refractivity contribution >= 4 is 27.5 Å². The lowest BCUT2D eigenvalue weighted by Crippen LogP contribution is -2.20. The number of amides is 1. The molecule has 9 heteroatoms. The van der Waals surface area contributed by atoms with E-state index in [0.717, 1.165) is 13.0 Å². The molecule has 0 radical (unpaired) electrons. The second kappa shape index (κ2) is 6.91. The molecule has 3 rings (SSSR count). The van der Waals surface area contributed by atoms with Crippen molar-refractivity contribution in [1.29, 1.82) is 0 Å². The first kappa shape index (κ1) is 18.1. The van der Waals surface area contributed by atoms with Gasteiger partial charge in [0.05, 0.1) is 10.6 Å². The van der Waals surface area contributed by atoms with Gasteiger partial charge in [-0.1, -0.05) is 5.16 Å². The topological polar surface area (TPSA) is 105 Å². The molecule has 1 amide bonds. The highest BCUT2D eigenvalue weighted by Crippen LogP contribution is 2.20. The fraction of sp³-hybridized carbons (Fsp3) is 0.353. The van der Waals surface area contributed by atoms with Gasteiger partial charge in [-0.2, -0.15) is 8.42 Å². The zero-order valence-corrected chi connectivity index (χ0v) is 15.6. The number of sulfonamides is 1. The molecule has 0 spiro atoms. The summed E-state index contributed by atoms with van der Waals surface area (Å²) in [4.78, 5) is 14.2. The number of benzene rings is 1. The minimum absolute atomic E-state index is 0.0839. The van der Waals surface area contributed by atoms with E-state index in [9.17, 15) is 13.2 Å². The Bertz CT molecular complexity index is 942. The molecular formula is C17H20N4O4S. The summed E-state index contributed by atoms with van der Waals surface area (Å²) in [6.45, 7) is 4.14. The fourth-order valence-electron chi connectivity index (χ4n) is 2.81. The smallest absolute Gasteiger partial charge is 0.283 e. The third-order valence-electron chi connectivity index (χ3n) is 4.23. The molecule has 8 nitrogen and oxygen atoms in total. The van der Waals surface area contributed by atoms with Gasteiger partial charge in [-0.25, -0.2) is 0 Å². The average molecular weight is 376 g/mol. The van der Waals surface area contributed by atoms with E-state index in [0.29, 0.717) is 35.0 Å². The lowest BCUT2D eigenvalue weighted by Gasteiger charge is -2.11.